The van der Waals surface area contributed by atoms with E-state index < -0.39 is 17.5 Å². The van der Waals surface area contributed by atoms with Crippen LogP contribution in [-0.2, 0) is 29.0 Å². The fraction of sp³-hybridized carbons (Fsp3) is 0.368. The lowest BCUT2D eigenvalue weighted by molar-refractivity contribution is -0.119. The Hall–Kier alpha value is -3.23. The summed E-state index contributed by atoms with van der Waals surface area (Å²) in [6, 6.07) is 6.90. The minimum absolute atomic E-state index is 0.235. The van der Waals surface area contributed by atoms with Crippen LogP contribution < -0.4 is 10.5 Å². The number of hydrogen-bond donors (Lipinski definition) is 0. The maximum Gasteiger partial charge on any atom is 0.410 e. The van der Waals surface area contributed by atoms with Crippen LogP contribution in [-0.4, -0.2) is 46.9 Å². The molecule has 1 aliphatic rings. The molecule has 0 spiro atoms. The summed E-state index contributed by atoms with van der Waals surface area (Å²) in [5, 5.41) is 4.30. The monoisotopic (exact) mass is 388 g/mol. The number of likely N-dealkylation sites (N-methyl/N-ethyl adjacent to an activating group) is 1. The van der Waals surface area contributed by atoms with Crippen molar-refractivity contribution in [3.8, 4) is 0 Å². The molecule has 3 rings (SSSR count). The number of nitrogens with zero attached hydrogens (tertiary/aromatic N) is 4. The van der Waals surface area contributed by atoms with Gasteiger partial charge in [0.05, 0.1) is 18.8 Å². The second-order valence-electron chi connectivity index (χ2n) is 6.41. The molecular weight excluding hydrogens is 367 g/mol. The maximum atomic E-state index is 13.0. The normalized spacial score (nSPS) is 13.0. The number of amides is 2. The summed E-state index contributed by atoms with van der Waals surface area (Å²) >= 11 is 0. The molecule has 148 valence electrons. The van der Waals surface area contributed by atoms with E-state index in [1.165, 1.54) is 40.1 Å². The number of aromatic nitrogens is 2. The summed E-state index contributed by atoms with van der Waals surface area (Å²) in [6.07, 6.45) is 0.0459. The number of hydrogen-bond acceptors (Lipinski definition) is 5. The second-order valence-corrected chi connectivity index (χ2v) is 6.41. The molecule has 28 heavy (non-hydrogen) atoms. The molecule has 9 heteroatoms. The lowest BCUT2D eigenvalue weighted by atomic mass is 10.1. The van der Waals surface area contributed by atoms with Gasteiger partial charge in [0, 0.05) is 37.3 Å². The van der Waals surface area contributed by atoms with Crippen LogP contribution in [0.15, 0.2) is 35.1 Å². The van der Waals surface area contributed by atoms with E-state index in [0.717, 1.165) is 4.68 Å². The molecule has 1 aliphatic heterocycles. The summed E-state index contributed by atoms with van der Waals surface area (Å²) in [4.78, 5) is 39.6. The van der Waals surface area contributed by atoms with Gasteiger partial charge < -0.3 is 14.5 Å². The minimum Gasteiger partial charge on any atom is -0.450 e. The molecule has 2 aromatic rings. The summed E-state index contributed by atoms with van der Waals surface area (Å²) in [6.45, 7) is 2.46. The first kappa shape index (κ1) is 19.5. The van der Waals surface area contributed by atoms with Crippen molar-refractivity contribution in [3.05, 3.63) is 57.8 Å². The molecule has 0 unspecified atom stereocenters. The summed E-state index contributed by atoms with van der Waals surface area (Å²) in [5.74, 6) is -0.751. The molecule has 0 atom stereocenters. The number of carbonyl (C=O) groups is 2. The van der Waals surface area contributed by atoms with Gasteiger partial charge in [0.25, 0.3) is 5.56 Å². The van der Waals surface area contributed by atoms with E-state index in [2.05, 4.69) is 5.10 Å². The van der Waals surface area contributed by atoms with Crippen molar-refractivity contribution in [3.63, 3.8) is 0 Å². The van der Waals surface area contributed by atoms with Crippen LogP contribution in [0, 0.1) is 5.82 Å². The Balaban J connectivity index is 1.74. The van der Waals surface area contributed by atoms with E-state index in [1.807, 2.05) is 0 Å². The van der Waals surface area contributed by atoms with Crippen molar-refractivity contribution in [1.29, 1.82) is 0 Å². The Bertz CT molecular complexity index is 942. The van der Waals surface area contributed by atoms with Crippen molar-refractivity contribution in [2.75, 3.05) is 25.1 Å². The Labute approximate surface area is 161 Å². The summed E-state index contributed by atoms with van der Waals surface area (Å²) in [5.41, 5.74) is 1.42. The van der Waals surface area contributed by atoms with Gasteiger partial charge >= 0.3 is 6.09 Å². The Morgan fingerprint density at radius 1 is 1.29 bits per heavy atom. The predicted octanol–water partition coefficient (Wildman–Crippen LogP) is 1.56. The molecule has 1 aromatic heterocycles. The molecule has 2 amide bonds. The minimum atomic E-state index is -0.426. The van der Waals surface area contributed by atoms with E-state index in [1.54, 1.807) is 14.0 Å². The van der Waals surface area contributed by atoms with Gasteiger partial charge in [-0.1, -0.05) is 0 Å². The number of carbonyl (C=O) groups excluding carboxylic acids is 2. The van der Waals surface area contributed by atoms with Crippen molar-refractivity contribution in [2.45, 2.75) is 26.4 Å². The molecule has 0 saturated heterocycles. The van der Waals surface area contributed by atoms with Crippen LogP contribution in [0.1, 0.15) is 18.2 Å². The highest BCUT2D eigenvalue weighted by molar-refractivity contribution is 5.92. The number of rotatable bonds is 4. The Morgan fingerprint density at radius 3 is 2.68 bits per heavy atom. The number of anilines is 1. The van der Waals surface area contributed by atoms with Crippen LogP contribution in [0.3, 0.4) is 0 Å². The topological polar surface area (TPSA) is 84.7 Å². The van der Waals surface area contributed by atoms with Gasteiger partial charge in [0.15, 0.2) is 0 Å². The molecule has 0 N–H and O–H groups in total. The molecule has 0 bridgehead atoms. The summed E-state index contributed by atoms with van der Waals surface area (Å²) < 4.78 is 19.1. The van der Waals surface area contributed by atoms with Crippen LogP contribution >= 0.6 is 0 Å². The molecule has 1 aromatic carbocycles. The third-order valence-electron chi connectivity index (χ3n) is 4.54. The van der Waals surface area contributed by atoms with Crippen LogP contribution in [0.4, 0.5) is 14.9 Å². The highest BCUT2D eigenvalue weighted by Gasteiger charge is 2.24. The van der Waals surface area contributed by atoms with E-state index in [4.69, 9.17) is 4.74 Å². The summed E-state index contributed by atoms with van der Waals surface area (Å²) in [7, 11) is 1.55. The highest BCUT2D eigenvalue weighted by Crippen LogP contribution is 2.17. The third kappa shape index (κ3) is 4.19. The molecular formula is C19H21FN4O4. The Morgan fingerprint density at radius 2 is 2.00 bits per heavy atom. The number of benzene rings is 1. The largest absolute Gasteiger partial charge is 0.450 e. The zero-order valence-corrected chi connectivity index (χ0v) is 15.7. The van der Waals surface area contributed by atoms with Gasteiger partial charge in [0.2, 0.25) is 5.91 Å². The molecule has 0 saturated carbocycles. The molecule has 0 aliphatic carbocycles. The predicted molar refractivity (Wildman–Crippen MR) is 99.4 cm³/mol. The van der Waals surface area contributed by atoms with E-state index in [9.17, 15) is 18.8 Å². The Kier molecular flexibility index (Phi) is 5.72. The van der Waals surface area contributed by atoms with Gasteiger partial charge in [0.1, 0.15) is 12.4 Å². The van der Waals surface area contributed by atoms with Crippen molar-refractivity contribution < 1.29 is 18.7 Å². The van der Waals surface area contributed by atoms with E-state index in [0.29, 0.717) is 29.9 Å². The van der Waals surface area contributed by atoms with E-state index >= 15 is 0 Å². The van der Waals surface area contributed by atoms with Gasteiger partial charge in [-0.25, -0.2) is 13.9 Å². The lowest BCUT2D eigenvalue weighted by Gasteiger charge is -2.27. The molecule has 8 nitrogen and oxygen atoms in total. The van der Waals surface area contributed by atoms with Gasteiger partial charge in [-0.15, -0.1) is 0 Å². The van der Waals surface area contributed by atoms with Gasteiger partial charge in [-0.05, 0) is 31.2 Å². The smallest absolute Gasteiger partial charge is 0.410 e. The fourth-order valence-electron chi connectivity index (χ4n) is 2.97. The molecule has 0 fully saturated rings. The van der Waals surface area contributed by atoms with Crippen molar-refractivity contribution in [1.82, 2.24) is 14.7 Å². The lowest BCUT2D eigenvalue weighted by Crippen LogP contribution is -2.40. The van der Waals surface area contributed by atoms with Crippen LogP contribution in [0.25, 0.3) is 0 Å². The van der Waals surface area contributed by atoms with E-state index in [-0.39, 0.29) is 25.6 Å². The van der Waals surface area contributed by atoms with Crippen LogP contribution in [0.5, 0.6) is 0 Å². The quantitative estimate of drug-likeness (QED) is 0.794. The molecule has 0 radical (unpaired) electrons. The number of halogens is 1. The SMILES string of the molecule is CCOC(=O)N1CCc2nn(CC(=O)N(C)c3ccc(F)cc3)c(=O)cc2C1. The average Bonchev–Trinajstić information content (AvgIpc) is 2.68. The van der Waals surface area contributed by atoms with Crippen LogP contribution in [0.2, 0.25) is 0 Å². The second kappa shape index (κ2) is 8.20. The van der Waals surface area contributed by atoms with Gasteiger partial charge in [-0.3, -0.25) is 9.59 Å². The highest BCUT2D eigenvalue weighted by atomic mass is 19.1. The first-order valence-electron chi connectivity index (χ1n) is 8.92. The van der Waals surface area contributed by atoms with Crippen molar-refractivity contribution in [2.24, 2.45) is 0 Å². The molecule has 2 heterocycles. The average molecular weight is 388 g/mol. The first-order chi connectivity index (χ1) is 13.4. The van der Waals surface area contributed by atoms with Gasteiger partial charge in [-0.2, -0.15) is 5.10 Å². The zero-order valence-electron chi connectivity index (χ0n) is 15.7. The zero-order chi connectivity index (χ0) is 20.3. The third-order valence-corrected chi connectivity index (χ3v) is 4.54. The standard InChI is InChI=1S/C19H21FN4O4/c1-3-28-19(27)23-9-8-16-13(11-23)10-17(25)24(21-16)12-18(26)22(2)15-6-4-14(20)5-7-15/h4-7,10H,3,8-9,11-12H2,1-2H3. The first-order valence-corrected chi connectivity index (χ1v) is 8.92. The fourth-order valence-corrected chi connectivity index (χ4v) is 2.97. The number of ether oxygens (including phenoxy) is 1. The number of fused-ring (bicyclic) bond motifs is 1. The maximum absolute atomic E-state index is 13.0. The van der Waals surface area contributed by atoms with Crippen molar-refractivity contribution >= 4 is 17.7 Å².